The molecule has 1 aromatic carbocycles. The van der Waals surface area contributed by atoms with E-state index in [1.807, 2.05) is 10.6 Å². The van der Waals surface area contributed by atoms with Crippen LogP contribution in [0.25, 0.3) is 5.65 Å². The van der Waals surface area contributed by atoms with Crippen LogP contribution >= 0.6 is 11.6 Å². The second-order valence-electron chi connectivity index (χ2n) is 4.19. The Morgan fingerprint density at radius 3 is 2.72 bits per heavy atom. The zero-order valence-corrected chi connectivity index (χ0v) is 10.6. The van der Waals surface area contributed by atoms with Gasteiger partial charge in [0, 0.05) is 18.8 Å². The number of nitrogens with zero attached hydrogens (tertiary/aromatic N) is 4. The molecule has 4 nitrogen and oxygen atoms in total. The van der Waals surface area contributed by atoms with Crippen molar-refractivity contribution < 1.29 is 0 Å². The number of hydrogen-bond donors (Lipinski definition) is 0. The number of benzene rings is 1. The lowest BCUT2D eigenvalue weighted by atomic mass is 10.1. The van der Waals surface area contributed by atoms with Crippen LogP contribution in [0.15, 0.2) is 36.7 Å². The number of halogens is 1. The average molecular weight is 259 g/mol. The van der Waals surface area contributed by atoms with Crippen molar-refractivity contribution in [3.05, 3.63) is 58.8 Å². The van der Waals surface area contributed by atoms with Gasteiger partial charge in [-0.2, -0.15) is 0 Å². The second kappa shape index (κ2) is 4.38. The van der Waals surface area contributed by atoms with E-state index in [0.717, 1.165) is 12.2 Å². The maximum atomic E-state index is 5.96. The van der Waals surface area contributed by atoms with Gasteiger partial charge in [0.05, 0.1) is 0 Å². The molecule has 0 N–H and O–H groups in total. The molecule has 18 heavy (non-hydrogen) atoms. The van der Waals surface area contributed by atoms with Gasteiger partial charge < -0.3 is 0 Å². The second-order valence-corrected chi connectivity index (χ2v) is 4.55. The van der Waals surface area contributed by atoms with E-state index in [-0.39, 0.29) is 0 Å². The van der Waals surface area contributed by atoms with Gasteiger partial charge >= 0.3 is 0 Å². The van der Waals surface area contributed by atoms with Crippen molar-refractivity contribution in [2.24, 2.45) is 0 Å². The van der Waals surface area contributed by atoms with Gasteiger partial charge in [0.25, 0.3) is 0 Å². The Hall–Kier alpha value is -1.94. The van der Waals surface area contributed by atoms with Gasteiger partial charge in [-0.15, -0.1) is 10.2 Å². The summed E-state index contributed by atoms with van der Waals surface area (Å²) in [5.74, 6) is 0.859. The molecule has 0 unspecified atom stereocenters. The van der Waals surface area contributed by atoms with E-state index >= 15 is 0 Å². The van der Waals surface area contributed by atoms with Gasteiger partial charge in [0.1, 0.15) is 5.82 Å². The minimum Gasteiger partial charge on any atom is -0.282 e. The molecule has 0 fully saturated rings. The Balaban J connectivity index is 2.00. The molecule has 0 saturated carbocycles. The molecular weight excluding hydrogens is 248 g/mol. The highest BCUT2D eigenvalue weighted by molar-refractivity contribution is 6.32. The van der Waals surface area contributed by atoms with E-state index in [1.165, 1.54) is 11.1 Å². The summed E-state index contributed by atoms with van der Waals surface area (Å²) in [5, 5.41) is 8.59. The van der Waals surface area contributed by atoms with Gasteiger partial charge in [0.15, 0.2) is 10.8 Å². The first-order valence-corrected chi connectivity index (χ1v) is 6.01. The van der Waals surface area contributed by atoms with E-state index in [0.29, 0.717) is 10.8 Å². The van der Waals surface area contributed by atoms with Gasteiger partial charge in [-0.05, 0) is 12.5 Å². The van der Waals surface area contributed by atoms with Crippen LogP contribution in [-0.4, -0.2) is 19.6 Å². The highest BCUT2D eigenvalue weighted by atomic mass is 35.5. The van der Waals surface area contributed by atoms with Crippen molar-refractivity contribution in [1.82, 2.24) is 19.6 Å². The Labute approximate surface area is 109 Å². The molecule has 2 aromatic heterocycles. The first-order valence-electron chi connectivity index (χ1n) is 5.64. The minimum absolute atomic E-state index is 0.375. The van der Waals surface area contributed by atoms with Crippen LogP contribution in [0.2, 0.25) is 5.15 Å². The molecule has 90 valence electrons. The summed E-state index contributed by atoms with van der Waals surface area (Å²) in [7, 11) is 0. The zero-order chi connectivity index (χ0) is 12.5. The fraction of sp³-hybridized carbons (Fsp3) is 0.154. The average Bonchev–Trinajstić information content (AvgIpc) is 2.77. The molecule has 0 aliphatic carbocycles. The molecule has 0 saturated heterocycles. The standard InChI is InChI=1S/C13H11ClN4/c1-9-2-4-10(5-3-9)8-11-16-17-13-12(14)15-6-7-18(11)13/h2-7H,8H2,1H3. The molecule has 5 heteroatoms. The molecular formula is C13H11ClN4. The topological polar surface area (TPSA) is 43.1 Å². The number of aromatic nitrogens is 4. The van der Waals surface area contributed by atoms with Crippen LogP contribution in [0.3, 0.4) is 0 Å². The lowest BCUT2D eigenvalue weighted by molar-refractivity contribution is 0.931. The highest BCUT2D eigenvalue weighted by Gasteiger charge is 2.09. The predicted octanol–water partition coefficient (Wildman–Crippen LogP) is 2.68. The summed E-state index contributed by atoms with van der Waals surface area (Å²) in [6.45, 7) is 2.07. The van der Waals surface area contributed by atoms with Crippen molar-refractivity contribution in [3.63, 3.8) is 0 Å². The van der Waals surface area contributed by atoms with Crippen LogP contribution < -0.4 is 0 Å². The van der Waals surface area contributed by atoms with Crippen LogP contribution in [0.4, 0.5) is 0 Å². The smallest absolute Gasteiger partial charge is 0.198 e. The third-order valence-electron chi connectivity index (χ3n) is 2.84. The summed E-state index contributed by atoms with van der Waals surface area (Å²) in [6.07, 6.45) is 4.20. The molecule has 2 heterocycles. The van der Waals surface area contributed by atoms with Crippen molar-refractivity contribution in [2.45, 2.75) is 13.3 Å². The molecule has 0 bridgehead atoms. The molecule has 0 amide bonds. The summed E-state index contributed by atoms with van der Waals surface area (Å²) >= 11 is 5.96. The van der Waals surface area contributed by atoms with Crippen molar-refractivity contribution in [2.75, 3.05) is 0 Å². The van der Waals surface area contributed by atoms with E-state index in [4.69, 9.17) is 11.6 Å². The molecule has 0 atom stereocenters. The Kier molecular flexibility index (Phi) is 2.72. The van der Waals surface area contributed by atoms with Gasteiger partial charge in [0.2, 0.25) is 0 Å². The molecule has 3 aromatic rings. The lowest BCUT2D eigenvalue weighted by Crippen LogP contribution is -1.97. The summed E-state index contributed by atoms with van der Waals surface area (Å²) in [5.41, 5.74) is 3.04. The van der Waals surface area contributed by atoms with E-state index in [9.17, 15) is 0 Å². The van der Waals surface area contributed by atoms with E-state index < -0.39 is 0 Å². The van der Waals surface area contributed by atoms with E-state index in [2.05, 4.69) is 46.4 Å². The number of rotatable bonds is 2. The highest BCUT2D eigenvalue weighted by Crippen LogP contribution is 2.15. The van der Waals surface area contributed by atoms with E-state index in [1.54, 1.807) is 6.20 Å². The normalized spacial score (nSPS) is 11.0. The van der Waals surface area contributed by atoms with Crippen molar-refractivity contribution in [3.8, 4) is 0 Å². The largest absolute Gasteiger partial charge is 0.282 e. The number of aryl methyl sites for hydroxylation is 1. The van der Waals surface area contributed by atoms with Crippen molar-refractivity contribution in [1.29, 1.82) is 0 Å². The summed E-state index contributed by atoms with van der Waals surface area (Å²) in [6, 6.07) is 8.37. The third-order valence-corrected chi connectivity index (χ3v) is 3.10. The summed E-state index contributed by atoms with van der Waals surface area (Å²) in [4.78, 5) is 3.98. The number of fused-ring (bicyclic) bond motifs is 1. The lowest BCUT2D eigenvalue weighted by Gasteiger charge is -2.01. The Bertz CT molecular complexity index is 688. The van der Waals surface area contributed by atoms with Crippen LogP contribution in [0.5, 0.6) is 0 Å². The monoisotopic (exact) mass is 258 g/mol. The number of hydrogen-bond acceptors (Lipinski definition) is 3. The third kappa shape index (κ3) is 1.95. The molecule has 0 spiro atoms. The zero-order valence-electron chi connectivity index (χ0n) is 9.84. The first kappa shape index (κ1) is 11.2. The van der Waals surface area contributed by atoms with Crippen LogP contribution in [0.1, 0.15) is 17.0 Å². The quantitative estimate of drug-likeness (QED) is 0.710. The van der Waals surface area contributed by atoms with Crippen LogP contribution in [-0.2, 0) is 6.42 Å². The fourth-order valence-corrected chi connectivity index (χ4v) is 2.04. The Morgan fingerprint density at radius 2 is 1.94 bits per heavy atom. The fourth-order valence-electron chi connectivity index (χ4n) is 1.85. The van der Waals surface area contributed by atoms with Gasteiger partial charge in [-0.25, -0.2) is 4.98 Å². The summed E-state index contributed by atoms with van der Waals surface area (Å²) < 4.78 is 1.87. The molecule has 3 rings (SSSR count). The predicted molar refractivity (Wildman–Crippen MR) is 69.8 cm³/mol. The van der Waals surface area contributed by atoms with Crippen molar-refractivity contribution >= 4 is 17.2 Å². The Morgan fingerprint density at radius 1 is 1.17 bits per heavy atom. The van der Waals surface area contributed by atoms with Gasteiger partial charge in [-0.3, -0.25) is 4.40 Å². The first-order chi connectivity index (χ1) is 8.74. The molecule has 0 aliphatic heterocycles. The SMILES string of the molecule is Cc1ccc(Cc2nnc3c(Cl)nccn23)cc1. The van der Waals surface area contributed by atoms with Gasteiger partial charge in [-0.1, -0.05) is 41.4 Å². The maximum Gasteiger partial charge on any atom is 0.198 e. The molecule has 0 radical (unpaired) electrons. The van der Waals surface area contributed by atoms with Crippen LogP contribution in [0, 0.1) is 6.92 Å². The molecule has 0 aliphatic rings. The maximum absolute atomic E-state index is 5.96. The minimum atomic E-state index is 0.375.